The Hall–Kier alpha value is 0.0879. The van der Waals surface area contributed by atoms with Crippen LogP contribution < -0.4 is 10.2 Å². The molecule has 0 aliphatic carbocycles. The molecule has 0 aromatic carbocycles. The summed E-state index contributed by atoms with van der Waals surface area (Å²) in [5.41, 5.74) is 0. The summed E-state index contributed by atoms with van der Waals surface area (Å²) in [6.07, 6.45) is 0. The smallest absolute Gasteiger partial charge is 2.00 e. The van der Waals surface area contributed by atoms with E-state index in [0.717, 1.165) is 20.8 Å². The molecule has 0 aromatic rings. The fourth-order valence-electron chi connectivity index (χ4n) is 0.105. The fourth-order valence-corrected chi connectivity index (χ4v) is 0.704. The van der Waals surface area contributed by atoms with E-state index in [0.29, 0.717) is 0 Å². The van der Waals surface area contributed by atoms with E-state index in [1.165, 1.54) is 0 Å². The summed E-state index contributed by atoms with van der Waals surface area (Å²) in [5.74, 6) is -2.92. The molecule has 0 unspecified atom stereocenters. The Kier molecular flexibility index (Phi) is 27.4. The average Bonchev–Trinajstić information content (AvgIpc) is 1.78. The van der Waals surface area contributed by atoms with Crippen LogP contribution in [-0.2, 0) is 23.4 Å². The van der Waals surface area contributed by atoms with E-state index in [-0.39, 0.29) is 37.7 Å². The van der Waals surface area contributed by atoms with Gasteiger partial charge in [0.25, 0.3) is 0 Å². The Bertz CT molecular complexity index is 256. The Morgan fingerprint density at radius 3 is 1.12 bits per heavy atom. The van der Waals surface area contributed by atoms with Crippen LogP contribution in [0.1, 0.15) is 20.8 Å². The van der Waals surface area contributed by atoms with E-state index in [1.54, 1.807) is 0 Å². The van der Waals surface area contributed by atoms with Gasteiger partial charge < -0.3 is 19.8 Å². The van der Waals surface area contributed by atoms with Crippen molar-refractivity contribution in [2.45, 2.75) is 20.8 Å². The zero-order valence-electron chi connectivity index (χ0n) is 8.92. The zero-order valence-corrected chi connectivity index (χ0v) is 13.7. The third-order valence-corrected chi connectivity index (χ3v) is 1.36. The third-order valence-electron chi connectivity index (χ3n) is 0.203. The van der Waals surface area contributed by atoms with Crippen LogP contribution >= 0.6 is 0 Å². The standard InChI is InChI=1S/3C2H4O2.Ca.2O.Sb/c3*1-2(3)4;;;;/h3*1H3,(H,3,4);;;;/q;;;+2;;;+1/p-3. The molecule has 8 nitrogen and oxygen atoms in total. The maximum absolute atomic E-state index is 9.68. The molecule has 0 N–H and O–H groups in total. The van der Waals surface area contributed by atoms with Gasteiger partial charge in [0.2, 0.25) is 0 Å². The van der Waals surface area contributed by atoms with E-state index in [2.05, 4.69) is 3.02 Å². The van der Waals surface area contributed by atoms with Crippen molar-refractivity contribution in [2.24, 2.45) is 0 Å². The first-order valence-electron chi connectivity index (χ1n) is 3.27. The first-order valence-corrected chi connectivity index (χ1v) is 6.40. The topological polar surface area (TPSA) is 141 Å². The van der Waals surface area contributed by atoms with E-state index < -0.39 is 38.5 Å². The zero-order chi connectivity index (χ0) is 13.0. The Morgan fingerprint density at radius 1 is 0.938 bits per heavy atom. The number of carboxylic acids is 2. The second kappa shape index (κ2) is 17.5. The quantitative estimate of drug-likeness (QED) is 0.433. The maximum Gasteiger partial charge on any atom is 2.00 e. The van der Waals surface area contributed by atoms with Gasteiger partial charge >= 0.3 is 85.1 Å². The average molecular weight is 371 g/mol. The van der Waals surface area contributed by atoms with Crippen molar-refractivity contribution in [1.29, 1.82) is 0 Å². The molecular formula is C6H9CaO8Sb. The van der Waals surface area contributed by atoms with Gasteiger partial charge in [-0.25, -0.2) is 0 Å². The van der Waals surface area contributed by atoms with Crippen molar-refractivity contribution in [1.82, 2.24) is 0 Å². The molecule has 0 bridgehead atoms. The number of carbonyl (C=O) groups is 3. The van der Waals surface area contributed by atoms with Crippen LogP contribution in [0.15, 0.2) is 0 Å². The Balaban J connectivity index is -0.0000000700. The molecule has 0 spiro atoms. The molecule has 0 fully saturated rings. The van der Waals surface area contributed by atoms with E-state index in [9.17, 15) is 10.8 Å². The predicted molar refractivity (Wildman–Crippen MR) is 46.0 cm³/mol. The Morgan fingerprint density at radius 2 is 1.12 bits per heavy atom. The monoisotopic (exact) mass is 370 g/mol. The Labute approximate surface area is 129 Å². The second-order valence-corrected chi connectivity index (χ2v) is 3.59. The number of rotatable bonds is 1. The summed E-state index contributed by atoms with van der Waals surface area (Å²) in [7, 11) is 0. The van der Waals surface area contributed by atoms with Crippen LogP contribution in [0.3, 0.4) is 0 Å². The van der Waals surface area contributed by atoms with Crippen molar-refractivity contribution in [3.05, 3.63) is 0 Å². The number of aliphatic carboxylic acids is 2. The van der Waals surface area contributed by atoms with Gasteiger partial charge in [0.05, 0.1) is 0 Å². The van der Waals surface area contributed by atoms with Crippen LogP contribution in [0.4, 0.5) is 0 Å². The van der Waals surface area contributed by atoms with Crippen molar-refractivity contribution in [3.63, 3.8) is 0 Å². The van der Waals surface area contributed by atoms with Gasteiger partial charge in [-0.1, -0.05) is 0 Å². The minimum atomic E-state index is -3.93. The van der Waals surface area contributed by atoms with Gasteiger partial charge in [0.15, 0.2) is 0 Å². The summed E-state index contributed by atoms with van der Waals surface area (Å²) >= 11 is -3.93. The van der Waals surface area contributed by atoms with Gasteiger partial charge in [-0.3, -0.25) is 0 Å². The van der Waals surface area contributed by atoms with Crippen molar-refractivity contribution in [2.75, 3.05) is 0 Å². The fraction of sp³-hybridized carbons (Fsp3) is 0.500. The van der Waals surface area contributed by atoms with Gasteiger partial charge in [-0.2, -0.15) is 0 Å². The number of hydrogen-bond acceptors (Lipinski definition) is 8. The summed E-state index contributed by atoms with van der Waals surface area (Å²) in [4.78, 5) is 27.5. The largest absolute Gasteiger partial charge is 2.00 e. The van der Waals surface area contributed by atoms with Crippen LogP contribution in [0.25, 0.3) is 0 Å². The molecule has 0 aliphatic rings. The van der Waals surface area contributed by atoms with Gasteiger partial charge in [-0.15, -0.1) is 0 Å². The normalized spacial score (nSPS) is 6.44. The number of carboxylic acid groups (broad SMARTS) is 2. The molecule has 0 saturated carbocycles. The van der Waals surface area contributed by atoms with Gasteiger partial charge in [0, 0.05) is 11.9 Å². The van der Waals surface area contributed by atoms with Crippen molar-refractivity contribution < 1.29 is 33.6 Å². The third kappa shape index (κ3) is 144. The molecule has 0 aromatic heterocycles. The van der Waals surface area contributed by atoms with Gasteiger partial charge in [0.1, 0.15) is 0 Å². The summed E-state index contributed by atoms with van der Waals surface area (Å²) in [5, 5.41) is 17.8. The predicted octanol–water partition coefficient (Wildman–Crippen LogP) is -3.47. The van der Waals surface area contributed by atoms with Crippen molar-refractivity contribution >= 4 is 76.3 Å². The molecule has 0 aliphatic heterocycles. The van der Waals surface area contributed by atoms with E-state index in [1.807, 2.05) is 0 Å². The molecule has 0 amide bonds. The van der Waals surface area contributed by atoms with E-state index >= 15 is 0 Å². The number of hydrogen-bond donors (Lipinski definition) is 0. The molecule has 88 valence electrons. The molecule has 0 rings (SSSR count). The number of carbonyl (C=O) groups excluding carboxylic acids is 3. The van der Waals surface area contributed by atoms with Crippen LogP contribution in [0, 0.1) is 0 Å². The van der Waals surface area contributed by atoms with Crippen molar-refractivity contribution in [3.8, 4) is 0 Å². The molecule has 16 heavy (non-hydrogen) atoms. The van der Waals surface area contributed by atoms with Gasteiger partial charge in [-0.05, 0) is 13.8 Å². The first kappa shape index (κ1) is 25.1. The molecule has 0 atom stereocenters. The first-order chi connectivity index (χ1) is 6.59. The minimum Gasteiger partial charge on any atom is 2.00 e. The van der Waals surface area contributed by atoms with Crippen LogP contribution in [-0.4, -0.2) is 76.3 Å². The minimum absolute atomic E-state index is 0. The summed E-state index contributed by atoms with van der Waals surface area (Å²) < 4.78 is 22.7. The van der Waals surface area contributed by atoms with Crippen LogP contribution in [0.2, 0.25) is 0 Å². The summed E-state index contributed by atoms with van der Waals surface area (Å²) in [6.45, 7) is 2.99. The molecular weight excluding hydrogens is 362 g/mol. The molecule has 0 heterocycles. The molecule has 10 heteroatoms. The maximum atomic E-state index is 9.68. The van der Waals surface area contributed by atoms with Crippen LogP contribution in [0.5, 0.6) is 0 Å². The molecule has 0 radical (unpaired) electrons. The summed E-state index contributed by atoms with van der Waals surface area (Å²) in [6, 6.07) is 0. The second-order valence-electron chi connectivity index (χ2n) is 1.79. The van der Waals surface area contributed by atoms with E-state index in [4.69, 9.17) is 19.8 Å². The SMILES string of the molecule is CC(=O)[O-].CC(=O)[O-].CC(=O)[O][Sb](=[O])=[O].[Ca+2]. The molecule has 0 saturated heterocycles.